The van der Waals surface area contributed by atoms with Crippen LogP contribution in [-0.2, 0) is 0 Å². The quantitative estimate of drug-likeness (QED) is 0.485. The van der Waals surface area contributed by atoms with E-state index in [0.29, 0.717) is 0 Å². The zero-order chi connectivity index (χ0) is 13.3. The predicted octanol–water partition coefficient (Wildman–Crippen LogP) is 4.41. The van der Waals surface area contributed by atoms with Crippen LogP contribution in [0, 0.1) is 0 Å². The van der Waals surface area contributed by atoms with Gasteiger partial charge < -0.3 is 0 Å². The summed E-state index contributed by atoms with van der Waals surface area (Å²) in [6.07, 6.45) is -12.1. The van der Waals surface area contributed by atoms with Gasteiger partial charge in [-0.3, -0.25) is 0 Å². The van der Waals surface area contributed by atoms with Gasteiger partial charge in [-0.1, -0.05) is 0 Å². The molecule has 0 bridgehead atoms. The molecule has 0 saturated heterocycles. The molecule has 0 fully saturated rings. The van der Waals surface area contributed by atoms with Crippen LogP contribution >= 0.6 is 0 Å². The maximum Gasteiger partial charge on any atom is 0.446 e. The molecule has 0 atom stereocenters. The maximum atomic E-state index is 12.1. The number of alkyl halides is 6. The molecule has 0 N–H and O–H groups in total. The molecule has 0 aliphatic rings. The minimum absolute atomic E-state index is 3.60. The predicted molar refractivity (Wildman–Crippen MR) is 30.6 cm³/mol. The van der Waals surface area contributed by atoms with Crippen LogP contribution < -0.4 is 0 Å². The number of hydrogen-bond acceptors (Lipinski definition) is 0. The highest BCUT2D eigenvalue weighted by molar-refractivity contribution is 5.28. The van der Waals surface area contributed by atoms with Crippen molar-refractivity contribution in [1.29, 1.82) is 0 Å². The van der Waals surface area contributed by atoms with E-state index in [-0.39, 0.29) is 0 Å². The highest BCUT2D eigenvalue weighted by atomic mass is 19.4. The van der Waals surface area contributed by atoms with E-state index in [2.05, 4.69) is 0 Å². The first-order valence-corrected chi connectivity index (χ1v) is 3.14. The van der Waals surface area contributed by atoms with E-state index < -0.39 is 35.7 Å². The second kappa shape index (κ2) is 4.34. The summed E-state index contributed by atoms with van der Waals surface area (Å²) in [6.45, 7) is 0. The van der Waals surface area contributed by atoms with Crippen LogP contribution in [0.5, 0.6) is 0 Å². The van der Waals surface area contributed by atoms with Gasteiger partial charge in [-0.2, -0.15) is 35.1 Å². The Kier molecular flexibility index (Phi) is 4.01. The minimum Gasteiger partial charge on any atom is -0.200 e. The molecule has 94 valence electrons. The van der Waals surface area contributed by atoms with Crippen LogP contribution in [0.2, 0.25) is 0 Å². The first-order valence-electron chi connectivity index (χ1n) is 3.14. The third kappa shape index (κ3) is 3.42. The summed E-state index contributed by atoms with van der Waals surface area (Å²) in [5.74, 6) is -14.8. The van der Waals surface area contributed by atoms with Gasteiger partial charge in [0, 0.05) is 0 Å². The topological polar surface area (TPSA) is 0 Å². The number of rotatable bonds is 1. The van der Waals surface area contributed by atoms with E-state index in [1.807, 2.05) is 0 Å². The molecule has 0 heterocycles. The fourth-order valence-corrected chi connectivity index (χ4v) is 0.442. The molecule has 0 spiro atoms. The average molecular weight is 262 g/mol. The fraction of sp³-hybridized carbons (Fsp3) is 0.333. The van der Waals surface area contributed by atoms with Gasteiger partial charge in [0.15, 0.2) is 0 Å². The van der Waals surface area contributed by atoms with Crippen molar-refractivity contribution in [1.82, 2.24) is 0 Å². The summed E-state index contributed by atoms with van der Waals surface area (Å²) in [7, 11) is 0. The van der Waals surface area contributed by atoms with Gasteiger partial charge in [0.25, 0.3) is 0 Å². The van der Waals surface area contributed by atoms with Gasteiger partial charge in [-0.25, -0.2) is 8.78 Å². The molecule has 0 radical (unpaired) electrons. The number of hydrogen-bond donors (Lipinski definition) is 0. The van der Waals surface area contributed by atoms with Crippen molar-refractivity contribution in [3.05, 3.63) is 23.3 Å². The SMILES string of the molecule is FC(/C(F)=C(/F)C(F)(F)F)=C(\F)C(F)(F)F. The smallest absolute Gasteiger partial charge is 0.200 e. The number of halogens is 10. The lowest BCUT2D eigenvalue weighted by molar-refractivity contribution is -0.115. The second-order valence-electron chi connectivity index (χ2n) is 2.25. The van der Waals surface area contributed by atoms with Crippen LogP contribution in [-0.4, -0.2) is 12.4 Å². The van der Waals surface area contributed by atoms with Crippen molar-refractivity contribution in [2.75, 3.05) is 0 Å². The molecule has 0 unspecified atom stereocenters. The van der Waals surface area contributed by atoms with E-state index in [9.17, 15) is 43.9 Å². The van der Waals surface area contributed by atoms with Crippen LogP contribution in [0.4, 0.5) is 43.9 Å². The van der Waals surface area contributed by atoms with Gasteiger partial charge in [-0.15, -0.1) is 0 Å². The zero-order valence-electron chi connectivity index (χ0n) is 6.78. The molecule has 0 nitrogen and oxygen atoms in total. The summed E-state index contributed by atoms with van der Waals surface area (Å²) in [5, 5.41) is 0. The molecule has 0 aliphatic carbocycles. The Labute approximate surface area is 80.8 Å². The third-order valence-corrected chi connectivity index (χ3v) is 1.08. The summed E-state index contributed by atoms with van der Waals surface area (Å²) < 4.78 is 116. The Morgan fingerprint density at radius 3 is 0.812 bits per heavy atom. The van der Waals surface area contributed by atoms with Crippen molar-refractivity contribution in [3.8, 4) is 0 Å². The highest BCUT2D eigenvalue weighted by Gasteiger charge is 2.44. The number of allylic oxidation sites excluding steroid dienone is 4. The van der Waals surface area contributed by atoms with E-state index >= 15 is 0 Å². The molecule has 0 aromatic rings. The van der Waals surface area contributed by atoms with Gasteiger partial charge in [0.1, 0.15) is 0 Å². The van der Waals surface area contributed by atoms with Crippen LogP contribution in [0.15, 0.2) is 23.3 Å². The van der Waals surface area contributed by atoms with Gasteiger partial charge in [0.2, 0.25) is 23.3 Å². The molecule has 0 saturated carbocycles. The molecule has 10 heteroatoms. The second-order valence-corrected chi connectivity index (χ2v) is 2.25. The molecule has 0 aliphatic heterocycles. The van der Waals surface area contributed by atoms with Crippen LogP contribution in [0.25, 0.3) is 0 Å². The zero-order valence-corrected chi connectivity index (χ0v) is 6.78. The lowest BCUT2D eigenvalue weighted by Gasteiger charge is -2.06. The molecule has 0 aromatic carbocycles. The summed E-state index contributed by atoms with van der Waals surface area (Å²) in [6, 6.07) is 0. The Morgan fingerprint density at radius 2 is 0.688 bits per heavy atom. The van der Waals surface area contributed by atoms with Crippen LogP contribution in [0.3, 0.4) is 0 Å². The largest absolute Gasteiger partial charge is 0.446 e. The van der Waals surface area contributed by atoms with Gasteiger partial charge in [0.05, 0.1) is 0 Å². The van der Waals surface area contributed by atoms with E-state index in [4.69, 9.17) is 0 Å². The molecule has 0 rings (SSSR count). The lowest BCUT2D eigenvalue weighted by Crippen LogP contribution is -2.13. The van der Waals surface area contributed by atoms with Gasteiger partial charge in [-0.05, 0) is 0 Å². The van der Waals surface area contributed by atoms with Crippen molar-refractivity contribution < 1.29 is 43.9 Å². The Bertz CT molecular complexity index is 292. The average Bonchev–Trinajstić information content (AvgIpc) is 2.10. The van der Waals surface area contributed by atoms with Crippen LogP contribution in [0.1, 0.15) is 0 Å². The first kappa shape index (κ1) is 14.8. The Balaban J connectivity index is 5.55. The molecule has 0 aromatic heterocycles. The molecule has 16 heavy (non-hydrogen) atoms. The normalized spacial score (nSPS) is 16.9. The summed E-state index contributed by atoms with van der Waals surface area (Å²) in [5.41, 5.74) is 0. The maximum absolute atomic E-state index is 12.1. The standard InChI is InChI=1S/C6F10/c7-1(3(9)5(11,12)13)2(8)4(10)6(14,15)16/b3-1-,4-2-. The highest BCUT2D eigenvalue weighted by Crippen LogP contribution is 2.38. The minimum atomic E-state index is -6.05. The van der Waals surface area contributed by atoms with E-state index in [1.165, 1.54) is 0 Å². The van der Waals surface area contributed by atoms with Crippen molar-refractivity contribution >= 4 is 0 Å². The van der Waals surface area contributed by atoms with E-state index in [0.717, 1.165) is 0 Å². The summed E-state index contributed by atoms with van der Waals surface area (Å²) >= 11 is 0. The fourth-order valence-electron chi connectivity index (χ4n) is 0.442. The van der Waals surface area contributed by atoms with Crippen molar-refractivity contribution in [2.24, 2.45) is 0 Å². The third-order valence-electron chi connectivity index (χ3n) is 1.08. The summed E-state index contributed by atoms with van der Waals surface area (Å²) in [4.78, 5) is 0. The lowest BCUT2D eigenvalue weighted by atomic mass is 10.3. The monoisotopic (exact) mass is 262 g/mol. The molecular formula is C6F10. The first-order chi connectivity index (χ1) is 6.89. The van der Waals surface area contributed by atoms with Crippen molar-refractivity contribution in [3.63, 3.8) is 0 Å². The Morgan fingerprint density at radius 1 is 0.500 bits per heavy atom. The van der Waals surface area contributed by atoms with Gasteiger partial charge >= 0.3 is 12.4 Å². The van der Waals surface area contributed by atoms with Crippen molar-refractivity contribution in [2.45, 2.75) is 12.4 Å². The molecular weight excluding hydrogens is 262 g/mol. The Hall–Kier alpha value is -1.22. The van der Waals surface area contributed by atoms with E-state index in [1.54, 1.807) is 0 Å². The molecule has 0 amide bonds.